The van der Waals surface area contributed by atoms with Crippen LogP contribution in [0.25, 0.3) is 32.9 Å². The number of rotatable bonds is 3. The first-order valence-electron chi connectivity index (χ1n) is 6.46. The molecular formula is C14H11N7O. The third-order valence-electron chi connectivity index (χ3n) is 3.19. The van der Waals surface area contributed by atoms with Crippen LogP contribution in [0.15, 0.2) is 41.6 Å². The average molecular weight is 293 g/mol. The summed E-state index contributed by atoms with van der Waals surface area (Å²) >= 11 is 0. The lowest BCUT2D eigenvalue weighted by Gasteiger charge is -2.02. The Kier molecular flexibility index (Phi) is 3.43. The van der Waals surface area contributed by atoms with E-state index in [4.69, 9.17) is 5.53 Å². The summed E-state index contributed by atoms with van der Waals surface area (Å²) in [7, 11) is 1.76. The Hall–Kier alpha value is -3.38. The average Bonchev–Trinajstić information content (AvgIpc) is 2.99. The zero-order valence-corrected chi connectivity index (χ0v) is 11.6. The number of hydrogen-bond acceptors (Lipinski definition) is 4. The second kappa shape index (κ2) is 5.55. The molecule has 0 unspecified atom stereocenters. The number of nitrogens with one attached hydrogen (secondary N) is 2. The van der Waals surface area contributed by atoms with E-state index in [1.165, 1.54) is 0 Å². The number of H-pyrrole nitrogens is 1. The molecule has 0 fully saturated rings. The standard InChI is InChI=1S/C14H11N7O/c1-16-13-11-10(6-7-17-13)18-12(19-11)8-4-2-3-5-9(8)14(22)20-21-15/h2-7H,1H3,(H,16,17)(H,18,19). The number of hydrogen-bond donors (Lipinski definition) is 2. The number of anilines is 1. The smallest absolute Gasteiger partial charge is 0.249 e. The van der Waals surface area contributed by atoms with Crippen LogP contribution < -0.4 is 5.32 Å². The van der Waals surface area contributed by atoms with Gasteiger partial charge in [0.25, 0.3) is 0 Å². The lowest BCUT2D eigenvalue weighted by molar-refractivity contribution is 0.100. The van der Waals surface area contributed by atoms with Gasteiger partial charge in [-0.1, -0.05) is 24.3 Å². The molecule has 1 amide bonds. The molecule has 1 aromatic carbocycles. The highest BCUT2D eigenvalue weighted by Gasteiger charge is 2.15. The van der Waals surface area contributed by atoms with Gasteiger partial charge >= 0.3 is 0 Å². The summed E-state index contributed by atoms with van der Waals surface area (Å²) in [5, 5.41) is 6.11. The molecule has 0 spiro atoms. The molecule has 0 saturated heterocycles. The molecule has 3 aromatic rings. The van der Waals surface area contributed by atoms with Crippen molar-refractivity contribution in [3.05, 3.63) is 52.5 Å². The van der Waals surface area contributed by atoms with Gasteiger partial charge in [0, 0.05) is 29.3 Å². The Bertz CT molecular complexity index is 908. The predicted octanol–water partition coefficient (Wildman–Crippen LogP) is 3.12. The Labute approximate surface area is 124 Å². The number of nitrogens with zero attached hydrogens (tertiary/aromatic N) is 5. The zero-order chi connectivity index (χ0) is 15.5. The molecule has 108 valence electrons. The highest BCUT2D eigenvalue weighted by molar-refractivity contribution is 6.01. The number of carbonyl (C=O) groups is 1. The minimum Gasteiger partial charge on any atom is -0.371 e. The van der Waals surface area contributed by atoms with Gasteiger partial charge in [0.15, 0.2) is 5.82 Å². The van der Waals surface area contributed by atoms with Crippen LogP contribution in [-0.4, -0.2) is 27.9 Å². The predicted molar refractivity (Wildman–Crippen MR) is 82.3 cm³/mol. The van der Waals surface area contributed by atoms with Gasteiger partial charge in [-0.15, -0.1) is 0 Å². The second-order valence-corrected chi connectivity index (χ2v) is 4.43. The molecule has 22 heavy (non-hydrogen) atoms. The number of pyridine rings is 1. The third kappa shape index (κ3) is 2.23. The summed E-state index contributed by atoms with van der Waals surface area (Å²) in [6.07, 6.45) is 1.66. The van der Waals surface area contributed by atoms with E-state index in [1.807, 2.05) is 0 Å². The highest BCUT2D eigenvalue weighted by atomic mass is 16.1. The number of imidazole rings is 1. The summed E-state index contributed by atoms with van der Waals surface area (Å²) in [5.74, 6) is 0.501. The van der Waals surface area contributed by atoms with E-state index in [9.17, 15) is 4.79 Å². The van der Waals surface area contributed by atoms with Gasteiger partial charge in [0.05, 0.1) is 5.52 Å². The van der Waals surface area contributed by atoms with Crippen molar-refractivity contribution in [3.8, 4) is 11.4 Å². The Morgan fingerprint density at radius 3 is 2.95 bits per heavy atom. The first-order chi connectivity index (χ1) is 10.7. The molecule has 0 saturated carbocycles. The number of benzene rings is 1. The summed E-state index contributed by atoms with van der Waals surface area (Å²) < 4.78 is 0. The fourth-order valence-corrected chi connectivity index (χ4v) is 2.22. The molecule has 0 aliphatic carbocycles. The highest BCUT2D eigenvalue weighted by Crippen LogP contribution is 2.26. The van der Waals surface area contributed by atoms with Crippen molar-refractivity contribution >= 4 is 22.8 Å². The molecule has 2 heterocycles. The maximum atomic E-state index is 11.9. The minimum atomic E-state index is -0.648. The summed E-state index contributed by atoms with van der Waals surface area (Å²) in [4.78, 5) is 26.3. The fraction of sp³-hybridized carbons (Fsp3) is 0.0714. The quantitative estimate of drug-likeness (QED) is 0.438. The molecule has 0 aliphatic rings. The van der Waals surface area contributed by atoms with Crippen molar-refractivity contribution in [1.29, 1.82) is 0 Å². The molecule has 2 aromatic heterocycles. The Morgan fingerprint density at radius 2 is 2.18 bits per heavy atom. The number of amides is 1. The van der Waals surface area contributed by atoms with E-state index in [0.29, 0.717) is 28.3 Å². The van der Waals surface area contributed by atoms with Crippen LogP contribution in [-0.2, 0) is 0 Å². The van der Waals surface area contributed by atoms with Crippen LogP contribution in [0.2, 0.25) is 0 Å². The Morgan fingerprint density at radius 1 is 1.36 bits per heavy atom. The van der Waals surface area contributed by atoms with Gasteiger partial charge in [-0.25, -0.2) is 9.97 Å². The van der Waals surface area contributed by atoms with Crippen molar-refractivity contribution in [1.82, 2.24) is 15.0 Å². The molecule has 2 N–H and O–H groups in total. The van der Waals surface area contributed by atoms with Crippen molar-refractivity contribution in [3.63, 3.8) is 0 Å². The van der Waals surface area contributed by atoms with Crippen molar-refractivity contribution < 1.29 is 4.79 Å². The van der Waals surface area contributed by atoms with Gasteiger partial charge < -0.3 is 10.3 Å². The number of fused-ring (bicyclic) bond motifs is 1. The van der Waals surface area contributed by atoms with E-state index in [0.717, 1.165) is 5.52 Å². The Balaban J connectivity index is 2.20. The van der Waals surface area contributed by atoms with Crippen LogP contribution in [0.3, 0.4) is 0 Å². The number of azide groups is 1. The second-order valence-electron chi connectivity index (χ2n) is 4.43. The van der Waals surface area contributed by atoms with E-state index < -0.39 is 5.91 Å². The summed E-state index contributed by atoms with van der Waals surface area (Å²) in [5.41, 5.74) is 10.8. The molecule has 8 heteroatoms. The van der Waals surface area contributed by atoms with E-state index in [2.05, 4.69) is 30.3 Å². The monoisotopic (exact) mass is 293 g/mol. The first-order valence-corrected chi connectivity index (χ1v) is 6.46. The van der Waals surface area contributed by atoms with E-state index in [1.54, 1.807) is 43.6 Å². The van der Waals surface area contributed by atoms with Crippen LogP contribution in [0, 0.1) is 0 Å². The van der Waals surface area contributed by atoms with Crippen molar-refractivity contribution in [2.45, 2.75) is 0 Å². The summed E-state index contributed by atoms with van der Waals surface area (Å²) in [6.45, 7) is 0. The molecule has 3 rings (SSSR count). The molecule has 0 bridgehead atoms. The van der Waals surface area contributed by atoms with Gasteiger partial charge in [-0.2, -0.15) is 0 Å². The minimum absolute atomic E-state index is 0.290. The van der Waals surface area contributed by atoms with Crippen LogP contribution in [0.5, 0.6) is 0 Å². The lowest BCUT2D eigenvalue weighted by atomic mass is 10.1. The maximum Gasteiger partial charge on any atom is 0.249 e. The number of aromatic amines is 1. The first kappa shape index (κ1) is 13.6. The van der Waals surface area contributed by atoms with Crippen LogP contribution in [0.1, 0.15) is 10.4 Å². The van der Waals surface area contributed by atoms with E-state index >= 15 is 0 Å². The molecule has 0 radical (unpaired) electrons. The molecule has 0 atom stereocenters. The van der Waals surface area contributed by atoms with Crippen molar-refractivity contribution in [2.75, 3.05) is 12.4 Å². The van der Waals surface area contributed by atoms with Crippen LogP contribution >= 0.6 is 0 Å². The fourth-order valence-electron chi connectivity index (χ4n) is 2.22. The largest absolute Gasteiger partial charge is 0.371 e. The molecule has 0 aliphatic heterocycles. The SMILES string of the molecule is CNc1nccc2[nH]c(-c3ccccc3C(=O)N=[N+]=[N-])nc12. The van der Waals surface area contributed by atoms with Gasteiger partial charge in [0.1, 0.15) is 11.3 Å². The van der Waals surface area contributed by atoms with Crippen molar-refractivity contribution in [2.24, 2.45) is 5.11 Å². The maximum absolute atomic E-state index is 11.9. The third-order valence-corrected chi connectivity index (χ3v) is 3.19. The van der Waals surface area contributed by atoms with Crippen LogP contribution in [0.4, 0.5) is 5.82 Å². The van der Waals surface area contributed by atoms with Gasteiger partial charge in [-0.05, 0) is 16.7 Å². The number of carbonyl (C=O) groups excluding carboxylic acids is 1. The molecular weight excluding hydrogens is 282 g/mol. The normalized spacial score (nSPS) is 10.2. The van der Waals surface area contributed by atoms with E-state index in [-0.39, 0.29) is 0 Å². The lowest BCUT2D eigenvalue weighted by Crippen LogP contribution is -1.97. The number of aromatic nitrogens is 3. The summed E-state index contributed by atoms with van der Waals surface area (Å²) in [6, 6.07) is 8.62. The topological polar surface area (TPSA) is 119 Å². The van der Waals surface area contributed by atoms with Gasteiger partial charge in [-0.3, -0.25) is 4.79 Å². The molecule has 8 nitrogen and oxygen atoms in total. The van der Waals surface area contributed by atoms with Gasteiger partial charge in [0.2, 0.25) is 5.91 Å². The zero-order valence-electron chi connectivity index (χ0n) is 11.6.